The van der Waals surface area contributed by atoms with Gasteiger partial charge in [-0.15, -0.1) is 0 Å². The fourth-order valence-electron chi connectivity index (χ4n) is 4.32. The first kappa shape index (κ1) is 24.1. The Balaban J connectivity index is 1.46. The lowest BCUT2D eigenvalue weighted by molar-refractivity contribution is -0.120. The van der Waals surface area contributed by atoms with Crippen molar-refractivity contribution in [1.29, 1.82) is 0 Å². The van der Waals surface area contributed by atoms with E-state index in [1.807, 2.05) is 61.5 Å². The molecule has 4 nitrogen and oxygen atoms in total. The van der Waals surface area contributed by atoms with Gasteiger partial charge in [0.05, 0.1) is 12.5 Å². The van der Waals surface area contributed by atoms with Crippen molar-refractivity contribution in [2.75, 3.05) is 0 Å². The maximum Gasteiger partial charge on any atom is 0.225 e. The lowest BCUT2D eigenvalue weighted by Gasteiger charge is -2.22. The summed E-state index contributed by atoms with van der Waals surface area (Å²) in [4.78, 5) is 30.0. The van der Waals surface area contributed by atoms with E-state index in [1.54, 1.807) is 18.3 Å². The van der Waals surface area contributed by atoms with Crippen LogP contribution in [0.5, 0.6) is 0 Å². The molecule has 0 bridgehead atoms. The molecule has 0 saturated heterocycles. The van der Waals surface area contributed by atoms with Crippen molar-refractivity contribution in [2.45, 2.75) is 39.7 Å². The van der Waals surface area contributed by atoms with Crippen LogP contribution in [0.1, 0.15) is 55.5 Å². The number of nitrogens with zero attached hydrogens (tertiary/aromatic N) is 1. The van der Waals surface area contributed by atoms with Crippen LogP contribution in [0, 0.1) is 20.8 Å². The lowest BCUT2D eigenvalue weighted by atomic mass is 9.93. The zero-order valence-corrected chi connectivity index (χ0v) is 20.4. The molecule has 1 unspecified atom stereocenters. The highest BCUT2D eigenvalue weighted by Crippen LogP contribution is 2.26. The summed E-state index contributed by atoms with van der Waals surface area (Å²) in [6.45, 7) is 6.05. The van der Waals surface area contributed by atoms with Crippen molar-refractivity contribution >= 4 is 11.7 Å². The van der Waals surface area contributed by atoms with Crippen LogP contribution in [0.2, 0.25) is 0 Å². The summed E-state index contributed by atoms with van der Waals surface area (Å²) >= 11 is 0. The highest BCUT2D eigenvalue weighted by Gasteiger charge is 2.19. The maximum absolute atomic E-state index is 13.1. The molecule has 4 aromatic rings. The summed E-state index contributed by atoms with van der Waals surface area (Å²) in [5, 5.41) is 3.22. The number of carbonyl (C=O) groups is 2. The quantitative estimate of drug-likeness (QED) is 0.333. The number of nitrogens with one attached hydrogen (secondary N) is 1. The van der Waals surface area contributed by atoms with Crippen LogP contribution in [-0.4, -0.2) is 16.7 Å². The van der Waals surface area contributed by atoms with E-state index < -0.39 is 0 Å². The highest BCUT2D eigenvalue weighted by molar-refractivity contribution is 5.97. The summed E-state index contributed by atoms with van der Waals surface area (Å²) in [5.74, 6) is -0.0278. The monoisotopic (exact) mass is 462 g/mol. The zero-order valence-electron chi connectivity index (χ0n) is 20.4. The molecule has 0 aliphatic rings. The molecule has 4 heteroatoms. The van der Waals surface area contributed by atoms with Gasteiger partial charge in [-0.1, -0.05) is 84.4 Å². The molecule has 35 heavy (non-hydrogen) atoms. The third-order valence-corrected chi connectivity index (χ3v) is 6.28. The third-order valence-electron chi connectivity index (χ3n) is 6.28. The molecular weight excluding hydrogens is 432 g/mol. The van der Waals surface area contributed by atoms with Gasteiger partial charge in [0.15, 0.2) is 5.78 Å². The summed E-state index contributed by atoms with van der Waals surface area (Å²) in [5.41, 5.74) is 7.76. The molecule has 0 aliphatic heterocycles. The van der Waals surface area contributed by atoms with Gasteiger partial charge in [-0.25, -0.2) is 0 Å². The Morgan fingerprint density at radius 2 is 1.57 bits per heavy atom. The normalized spacial score (nSPS) is 11.6. The minimum atomic E-state index is -0.229. The van der Waals surface area contributed by atoms with Gasteiger partial charge in [0.25, 0.3) is 0 Å². The second-order valence-corrected chi connectivity index (χ2v) is 8.99. The van der Waals surface area contributed by atoms with Gasteiger partial charge < -0.3 is 5.32 Å². The van der Waals surface area contributed by atoms with Gasteiger partial charge in [0.1, 0.15) is 0 Å². The van der Waals surface area contributed by atoms with Crippen molar-refractivity contribution in [2.24, 2.45) is 0 Å². The number of ketones is 1. The van der Waals surface area contributed by atoms with Gasteiger partial charge in [-0.2, -0.15) is 0 Å². The van der Waals surface area contributed by atoms with E-state index in [4.69, 9.17) is 0 Å². The molecule has 0 radical (unpaired) electrons. The number of aryl methyl sites for hydroxylation is 3. The van der Waals surface area contributed by atoms with Gasteiger partial charge in [-0.05, 0) is 54.7 Å². The van der Waals surface area contributed by atoms with E-state index >= 15 is 0 Å². The molecule has 1 amide bonds. The second kappa shape index (κ2) is 10.9. The fraction of sp³-hybridized carbons (Fsp3) is 0.194. The topological polar surface area (TPSA) is 59.1 Å². The molecule has 176 valence electrons. The number of Topliss-reactive ketones (excluding diaryl/α,β-unsaturated/α-hetero) is 1. The van der Waals surface area contributed by atoms with Crippen LogP contribution in [0.4, 0.5) is 0 Å². The van der Waals surface area contributed by atoms with Gasteiger partial charge in [0.2, 0.25) is 5.91 Å². The molecule has 1 N–H and O–H groups in total. The van der Waals surface area contributed by atoms with Gasteiger partial charge in [0, 0.05) is 23.9 Å². The number of pyridine rings is 1. The number of benzene rings is 3. The predicted octanol–water partition coefficient (Wildman–Crippen LogP) is 5.88. The lowest BCUT2D eigenvalue weighted by Crippen LogP contribution is -2.31. The molecule has 1 atom stereocenters. The Kier molecular flexibility index (Phi) is 7.51. The minimum absolute atomic E-state index is 0.0380. The van der Waals surface area contributed by atoms with E-state index in [9.17, 15) is 9.59 Å². The largest absolute Gasteiger partial charge is 0.345 e. The van der Waals surface area contributed by atoms with Crippen molar-refractivity contribution in [3.05, 3.63) is 136 Å². The number of aromatic nitrogens is 1. The first-order valence-corrected chi connectivity index (χ1v) is 11.8. The van der Waals surface area contributed by atoms with Crippen LogP contribution < -0.4 is 5.32 Å². The van der Waals surface area contributed by atoms with E-state index in [0.717, 1.165) is 33.5 Å². The number of hydrogen-bond donors (Lipinski definition) is 1. The average molecular weight is 463 g/mol. The highest BCUT2D eigenvalue weighted by atomic mass is 16.1. The van der Waals surface area contributed by atoms with E-state index in [-0.39, 0.29) is 24.2 Å². The molecule has 0 aliphatic carbocycles. The molecular formula is C31H30N2O2. The molecule has 3 aromatic carbocycles. The Labute approximate surface area is 207 Å². The van der Waals surface area contributed by atoms with Gasteiger partial charge >= 0.3 is 0 Å². The fourth-order valence-corrected chi connectivity index (χ4v) is 4.32. The van der Waals surface area contributed by atoms with Crippen molar-refractivity contribution in [1.82, 2.24) is 10.3 Å². The number of amides is 1. The van der Waals surface area contributed by atoms with Crippen LogP contribution >= 0.6 is 0 Å². The SMILES string of the molecule is Cc1ccc(C(NC(=O)Cc2ccc(C(=O)Cc3cccnc3C)cc2)c2ccccc2)c(C)c1. The molecule has 0 saturated carbocycles. The summed E-state index contributed by atoms with van der Waals surface area (Å²) in [6, 6.07) is 27.2. The number of rotatable bonds is 8. The zero-order chi connectivity index (χ0) is 24.8. The molecule has 0 spiro atoms. The number of hydrogen-bond acceptors (Lipinski definition) is 3. The van der Waals surface area contributed by atoms with Crippen LogP contribution in [-0.2, 0) is 17.6 Å². The molecule has 0 fully saturated rings. The molecule has 1 aromatic heterocycles. The van der Waals surface area contributed by atoms with Gasteiger partial charge in [-0.3, -0.25) is 14.6 Å². The molecule has 1 heterocycles. The Bertz CT molecular complexity index is 1330. The Morgan fingerprint density at radius 1 is 0.829 bits per heavy atom. The third kappa shape index (κ3) is 6.10. The van der Waals surface area contributed by atoms with Crippen LogP contribution in [0.25, 0.3) is 0 Å². The average Bonchev–Trinajstić information content (AvgIpc) is 2.85. The van der Waals surface area contributed by atoms with E-state index in [0.29, 0.717) is 12.0 Å². The standard InChI is InChI=1S/C31H30N2O2/c1-21-11-16-28(22(2)18-21)31(26-8-5-4-6-9-26)33-30(35)19-24-12-14-25(15-13-24)29(34)20-27-10-7-17-32-23(27)3/h4-18,31H,19-20H2,1-3H3,(H,33,35). The van der Waals surface area contributed by atoms with E-state index in [1.165, 1.54) is 5.56 Å². The Hall–Kier alpha value is -4.05. The first-order chi connectivity index (χ1) is 16.9. The Morgan fingerprint density at radius 3 is 2.26 bits per heavy atom. The van der Waals surface area contributed by atoms with E-state index in [2.05, 4.69) is 42.3 Å². The van der Waals surface area contributed by atoms with Crippen LogP contribution in [0.3, 0.4) is 0 Å². The number of carbonyl (C=O) groups excluding carboxylic acids is 2. The summed E-state index contributed by atoms with van der Waals surface area (Å²) < 4.78 is 0. The van der Waals surface area contributed by atoms with Crippen LogP contribution in [0.15, 0.2) is 91.1 Å². The molecule has 4 rings (SSSR count). The predicted molar refractivity (Wildman–Crippen MR) is 139 cm³/mol. The van der Waals surface area contributed by atoms with Crippen molar-refractivity contribution in [3.8, 4) is 0 Å². The smallest absolute Gasteiger partial charge is 0.225 e. The minimum Gasteiger partial charge on any atom is -0.345 e. The summed E-state index contributed by atoms with van der Waals surface area (Å²) in [6.07, 6.45) is 2.28. The van der Waals surface area contributed by atoms with Crippen molar-refractivity contribution < 1.29 is 9.59 Å². The second-order valence-electron chi connectivity index (χ2n) is 8.99. The van der Waals surface area contributed by atoms with Crippen molar-refractivity contribution in [3.63, 3.8) is 0 Å². The maximum atomic E-state index is 13.1. The summed E-state index contributed by atoms with van der Waals surface area (Å²) in [7, 11) is 0. The first-order valence-electron chi connectivity index (χ1n) is 11.8.